The molecule has 0 aliphatic rings. The molecular weight excluding hydrogens is 342 g/mol. The van der Waals surface area contributed by atoms with E-state index in [9.17, 15) is 4.79 Å². The van der Waals surface area contributed by atoms with Gasteiger partial charge in [-0.05, 0) is 44.0 Å². The van der Waals surface area contributed by atoms with Gasteiger partial charge in [0, 0.05) is 0 Å². The summed E-state index contributed by atoms with van der Waals surface area (Å²) >= 11 is 3.24. The van der Waals surface area contributed by atoms with Crippen molar-refractivity contribution in [1.82, 2.24) is 5.06 Å². The second-order valence-electron chi connectivity index (χ2n) is 6.30. The number of hydroxylamine groups is 2. The maximum Gasteiger partial charge on any atom is 0.257 e. The van der Waals surface area contributed by atoms with Crippen molar-refractivity contribution in [2.75, 3.05) is 5.33 Å². The minimum absolute atomic E-state index is 0.0876. The molecule has 1 atom stereocenters. The molecule has 22 heavy (non-hydrogen) atoms. The van der Waals surface area contributed by atoms with Crippen LogP contribution in [0.1, 0.15) is 39.3 Å². The normalized spacial score (nSPS) is 13.1. The van der Waals surface area contributed by atoms with E-state index >= 15 is 0 Å². The van der Waals surface area contributed by atoms with Crippen LogP contribution in [-0.4, -0.2) is 21.9 Å². The van der Waals surface area contributed by atoms with E-state index in [1.165, 1.54) is 5.06 Å². The summed E-state index contributed by atoms with van der Waals surface area (Å²) in [5, 5.41) is 4.02. The monoisotopic (exact) mass is 363 g/mol. The molecule has 2 aromatic carbocycles. The lowest BCUT2D eigenvalue weighted by atomic mass is 9.99. The summed E-state index contributed by atoms with van der Waals surface area (Å²) in [5.74, 6) is -0.0876. The van der Waals surface area contributed by atoms with Gasteiger partial charge in [0.1, 0.15) is 0 Å². The molecule has 0 spiro atoms. The van der Waals surface area contributed by atoms with E-state index in [0.717, 1.165) is 16.3 Å². The topological polar surface area (TPSA) is 29.5 Å². The third kappa shape index (κ3) is 3.87. The smallest absolute Gasteiger partial charge is 0.257 e. The van der Waals surface area contributed by atoms with E-state index in [4.69, 9.17) is 4.84 Å². The number of amides is 1. The second-order valence-corrected chi connectivity index (χ2v) is 6.86. The lowest BCUT2D eigenvalue weighted by Crippen LogP contribution is -2.40. The molecule has 1 amide bonds. The van der Waals surface area contributed by atoms with Crippen LogP contribution in [0.3, 0.4) is 0 Å². The number of halogens is 1. The lowest BCUT2D eigenvalue weighted by Gasteiger charge is -2.34. The van der Waals surface area contributed by atoms with Crippen LogP contribution in [0.4, 0.5) is 0 Å². The number of carbonyl (C=O) groups excluding carboxylic acids is 1. The summed E-state index contributed by atoms with van der Waals surface area (Å²) in [7, 11) is 0. The number of carbonyl (C=O) groups is 1. The average Bonchev–Trinajstić information content (AvgIpc) is 2.49. The minimum Gasteiger partial charge on any atom is -0.272 e. The van der Waals surface area contributed by atoms with Crippen molar-refractivity contribution < 1.29 is 9.63 Å². The third-order valence-electron chi connectivity index (χ3n) is 3.36. The molecule has 0 fully saturated rings. The number of rotatable bonds is 4. The van der Waals surface area contributed by atoms with Crippen molar-refractivity contribution in [3.8, 4) is 0 Å². The standard InChI is InChI=1S/C18H22BrNO2/c1-13(20(17(21)12-19)22-18(2,3)4)15-11-7-9-14-8-5-6-10-16(14)15/h5-11,13H,12H2,1-4H3/t13-/m1/s1. The molecule has 0 saturated heterocycles. The van der Waals surface area contributed by atoms with E-state index in [-0.39, 0.29) is 17.3 Å². The van der Waals surface area contributed by atoms with Crippen LogP contribution in [0.2, 0.25) is 0 Å². The fourth-order valence-corrected chi connectivity index (χ4v) is 2.69. The van der Waals surface area contributed by atoms with Crippen molar-refractivity contribution in [2.24, 2.45) is 0 Å². The van der Waals surface area contributed by atoms with Crippen molar-refractivity contribution >= 4 is 32.6 Å². The van der Waals surface area contributed by atoms with Gasteiger partial charge < -0.3 is 0 Å². The third-order valence-corrected chi connectivity index (χ3v) is 3.84. The fraction of sp³-hybridized carbons (Fsp3) is 0.389. The van der Waals surface area contributed by atoms with Gasteiger partial charge in [-0.2, -0.15) is 0 Å². The summed E-state index contributed by atoms with van der Waals surface area (Å²) in [6, 6.07) is 14.2. The summed E-state index contributed by atoms with van der Waals surface area (Å²) in [5.41, 5.74) is 0.646. The summed E-state index contributed by atoms with van der Waals surface area (Å²) in [6.45, 7) is 7.82. The molecule has 0 saturated carbocycles. The molecule has 2 aromatic rings. The van der Waals surface area contributed by atoms with E-state index in [1.807, 2.05) is 52.0 Å². The number of hydrogen-bond donors (Lipinski definition) is 0. The van der Waals surface area contributed by atoms with Crippen molar-refractivity contribution in [1.29, 1.82) is 0 Å². The van der Waals surface area contributed by atoms with E-state index in [0.29, 0.717) is 0 Å². The molecule has 0 heterocycles. The van der Waals surface area contributed by atoms with Gasteiger partial charge >= 0.3 is 0 Å². The Hall–Kier alpha value is -1.39. The zero-order valence-electron chi connectivity index (χ0n) is 13.5. The number of fused-ring (bicyclic) bond motifs is 1. The van der Waals surface area contributed by atoms with Crippen LogP contribution >= 0.6 is 15.9 Å². The molecule has 0 bridgehead atoms. The fourth-order valence-electron chi connectivity index (χ4n) is 2.44. The zero-order valence-corrected chi connectivity index (χ0v) is 15.1. The largest absolute Gasteiger partial charge is 0.272 e. The predicted molar refractivity (Wildman–Crippen MR) is 93.8 cm³/mol. The highest BCUT2D eigenvalue weighted by molar-refractivity contribution is 9.09. The summed E-state index contributed by atoms with van der Waals surface area (Å²) < 4.78 is 0. The highest BCUT2D eigenvalue weighted by Crippen LogP contribution is 2.30. The Morgan fingerprint density at radius 3 is 2.45 bits per heavy atom. The van der Waals surface area contributed by atoms with Gasteiger partial charge in [-0.25, -0.2) is 5.06 Å². The van der Waals surface area contributed by atoms with Crippen LogP contribution < -0.4 is 0 Å². The van der Waals surface area contributed by atoms with Crippen molar-refractivity contribution in [3.05, 3.63) is 48.0 Å². The van der Waals surface area contributed by atoms with Crippen LogP contribution in [-0.2, 0) is 9.63 Å². The highest BCUT2D eigenvalue weighted by atomic mass is 79.9. The molecule has 0 unspecified atom stereocenters. The molecule has 0 N–H and O–H groups in total. The summed E-state index contributed by atoms with van der Waals surface area (Å²) in [6.07, 6.45) is 0. The Bertz CT molecular complexity index is 658. The Morgan fingerprint density at radius 1 is 1.18 bits per heavy atom. The predicted octanol–water partition coefficient (Wildman–Crippen LogP) is 4.85. The second kappa shape index (κ2) is 6.80. The van der Waals surface area contributed by atoms with Crippen LogP contribution in [0.5, 0.6) is 0 Å². The molecule has 0 aliphatic heterocycles. The Balaban J connectivity index is 2.44. The first-order chi connectivity index (χ1) is 10.3. The van der Waals surface area contributed by atoms with E-state index < -0.39 is 5.60 Å². The van der Waals surface area contributed by atoms with E-state index in [2.05, 4.69) is 34.1 Å². The van der Waals surface area contributed by atoms with Gasteiger partial charge in [-0.1, -0.05) is 58.4 Å². The van der Waals surface area contributed by atoms with Crippen molar-refractivity contribution in [2.45, 2.75) is 39.3 Å². The molecule has 0 radical (unpaired) electrons. The highest BCUT2D eigenvalue weighted by Gasteiger charge is 2.27. The van der Waals surface area contributed by atoms with Gasteiger partial charge in [-0.15, -0.1) is 0 Å². The average molecular weight is 364 g/mol. The quantitative estimate of drug-likeness (QED) is 0.573. The Morgan fingerprint density at radius 2 is 1.82 bits per heavy atom. The maximum absolute atomic E-state index is 12.3. The molecule has 0 aromatic heterocycles. The number of alkyl halides is 1. The molecule has 0 aliphatic carbocycles. The van der Waals surface area contributed by atoms with Gasteiger partial charge in [0.15, 0.2) is 0 Å². The lowest BCUT2D eigenvalue weighted by molar-refractivity contribution is -0.239. The van der Waals surface area contributed by atoms with Crippen LogP contribution in [0, 0.1) is 0 Å². The SMILES string of the molecule is C[C@H](c1cccc2ccccc12)N(OC(C)(C)C)C(=O)CBr. The Labute approximate surface area is 140 Å². The number of hydrogen-bond acceptors (Lipinski definition) is 2. The Kier molecular flexibility index (Phi) is 5.24. The first-order valence-electron chi connectivity index (χ1n) is 7.38. The van der Waals surface area contributed by atoms with Crippen LogP contribution in [0.25, 0.3) is 10.8 Å². The minimum atomic E-state index is -0.434. The van der Waals surface area contributed by atoms with Crippen molar-refractivity contribution in [3.63, 3.8) is 0 Å². The zero-order chi connectivity index (χ0) is 16.3. The number of benzene rings is 2. The first kappa shape index (κ1) is 17.0. The molecule has 4 heteroatoms. The van der Waals surface area contributed by atoms with Gasteiger partial charge in [0.2, 0.25) is 0 Å². The molecular formula is C18H22BrNO2. The molecule has 2 rings (SSSR count). The van der Waals surface area contributed by atoms with Gasteiger partial charge in [0.05, 0.1) is 17.0 Å². The molecule has 118 valence electrons. The maximum atomic E-state index is 12.3. The van der Waals surface area contributed by atoms with Crippen LogP contribution in [0.15, 0.2) is 42.5 Å². The summed E-state index contributed by atoms with van der Waals surface area (Å²) in [4.78, 5) is 18.2. The first-order valence-corrected chi connectivity index (χ1v) is 8.50. The molecule has 3 nitrogen and oxygen atoms in total. The van der Waals surface area contributed by atoms with E-state index in [1.54, 1.807) is 0 Å². The van der Waals surface area contributed by atoms with Gasteiger partial charge in [-0.3, -0.25) is 9.63 Å². The van der Waals surface area contributed by atoms with Gasteiger partial charge in [0.25, 0.3) is 5.91 Å². The number of nitrogens with zero attached hydrogens (tertiary/aromatic N) is 1.